The van der Waals surface area contributed by atoms with Crippen LogP contribution in [0.1, 0.15) is 24.2 Å². The van der Waals surface area contributed by atoms with Crippen molar-refractivity contribution in [2.24, 2.45) is 0 Å². The summed E-state index contributed by atoms with van der Waals surface area (Å²) >= 11 is 2.86. The number of hydrogen-bond acceptors (Lipinski definition) is 6. The lowest BCUT2D eigenvalue weighted by Gasteiger charge is -2.10. The Morgan fingerprint density at radius 1 is 1.24 bits per heavy atom. The van der Waals surface area contributed by atoms with Crippen molar-refractivity contribution in [2.45, 2.75) is 24.3 Å². The van der Waals surface area contributed by atoms with Crippen LogP contribution in [0, 0.1) is 0 Å². The largest absolute Gasteiger partial charge is 0.325 e. The van der Waals surface area contributed by atoms with Gasteiger partial charge in [0.25, 0.3) is 0 Å². The summed E-state index contributed by atoms with van der Waals surface area (Å²) in [7, 11) is 0. The minimum absolute atomic E-state index is 0.00653. The normalized spacial score (nSPS) is 11.9. The van der Waals surface area contributed by atoms with Crippen molar-refractivity contribution in [1.82, 2.24) is 15.2 Å². The fraction of sp³-hybridized carbons (Fsp3) is 0.176. The van der Waals surface area contributed by atoms with Crippen LogP contribution in [0.25, 0.3) is 10.7 Å². The van der Waals surface area contributed by atoms with Crippen molar-refractivity contribution < 1.29 is 9.59 Å². The maximum atomic E-state index is 12.3. The Labute approximate surface area is 153 Å². The highest BCUT2D eigenvalue weighted by molar-refractivity contribution is 8.00. The summed E-state index contributed by atoms with van der Waals surface area (Å²) in [6.45, 7) is 3.30. The predicted octanol–water partition coefficient (Wildman–Crippen LogP) is 3.86. The number of carbonyl (C=O) groups excluding carboxylic acids is 2. The Balaban J connectivity index is 1.60. The molecule has 2 N–H and O–H groups in total. The van der Waals surface area contributed by atoms with Crippen molar-refractivity contribution in [2.75, 3.05) is 5.32 Å². The van der Waals surface area contributed by atoms with Crippen molar-refractivity contribution >= 4 is 40.5 Å². The number of anilines is 1. The number of hydrogen-bond donors (Lipinski definition) is 2. The van der Waals surface area contributed by atoms with Crippen LogP contribution in [0.4, 0.5) is 5.69 Å². The third-order valence-corrected chi connectivity index (χ3v) is 5.27. The lowest BCUT2D eigenvalue weighted by Crippen LogP contribution is -2.22. The molecule has 1 atom stereocenters. The highest BCUT2D eigenvalue weighted by Gasteiger charge is 2.18. The average molecular weight is 372 g/mol. The number of thioether (sulfide) groups is 1. The second-order valence-electron chi connectivity index (χ2n) is 5.33. The Morgan fingerprint density at radius 3 is 2.64 bits per heavy atom. The molecule has 3 aromatic rings. The van der Waals surface area contributed by atoms with Crippen LogP contribution < -0.4 is 5.32 Å². The van der Waals surface area contributed by atoms with E-state index in [1.54, 1.807) is 42.5 Å². The predicted molar refractivity (Wildman–Crippen MR) is 100 cm³/mol. The number of benzene rings is 1. The minimum Gasteiger partial charge on any atom is -0.325 e. The standard InChI is InChI=1S/C17H16N4O2S2/c1-10(22)12-5-7-13(8-6-12)18-16(23)11(2)25-17-19-15(20-21-17)14-4-3-9-24-14/h3-9,11H,1-2H3,(H,18,23)(H,19,20,21). The molecule has 8 heteroatoms. The van der Waals surface area contributed by atoms with E-state index in [4.69, 9.17) is 0 Å². The smallest absolute Gasteiger partial charge is 0.237 e. The Hall–Kier alpha value is -2.45. The monoisotopic (exact) mass is 372 g/mol. The van der Waals surface area contributed by atoms with Crippen LogP contribution >= 0.6 is 23.1 Å². The highest BCUT2D eigenvalue weighted by Crippen LogP contribution is 2.25. The summed E-state index contributed by atoms with van der Waals surface area (Å²) in [5.41, 5.74) is 1.26. The third-order valence-electron chi connectivity index (χ3n) is 3.43. The van der Waals surface area contributed by atoms with E-state index in [1.807, 2.05) is 17.5 Å². The fourth-order valence-corrected chi connectivity index (χ4v) is 3.45. The molecule has 128 valence electrons. The van der Waals surface area contributed by atoms with Gasteiger partial charge in [-0.15, -0.1) is 16.4 Å². The molecule has 0 spiro atoms. The average Bonchev–Trinajstić information content (AvgIpc) is 3.26. The van der Waals surface area contributed by atoms with E-state index >= 15 is 0 Å². The molecule has 6 nitrogen and oxygen atoms in total. The molecule has 1 unspecified atom stereocenters. The van der Waals surface area contributed by atoms with Crippen molar-refractivity contribution in [3.8, 4) is 10.7 Å². The van der Waals surface area contributed by atoms with Crippen molar-refractivity contribution in [1.29, 1.82) is 0 Å². The molecule has 1 aromatic carbocycles. The van der Waals surface area contributed by atoms with Crippen molar-refractivity contribution in [3.63, 3.8) is 0 Å². The second-order valence-corrected chi connectivity index (χ2v) is 7.58. The molecule has 0 bridgehead atoms. The zero-order valence-electron chi connectivity index (χ0n) is 13.6. The first kappa shape index (κ1) is 17.4. The number of nitrogens with one attached hydrogen (secondary N) is 2. The highest BCUT2D eigenvalue weighted by atomic mass is 32.2. The molecule has 0 aliphatic rings. The maximum absolute atomic E-state index is 12.3. The van der Waals surface area contributed by atoms with E-state index in [9.17, 15) is 9.59 Å². The molecule has 0 aliphatic carbocycles. The molecule has 0 saturated carbocycles. The molecule has 0 saturated heterocycles. The lowest BCUT2D eigenvalue weighted by atomic mass is 10.1. The first-order valence-corrected chi connectivity index (χ1v) is 9.33. The van der Waals surface area contributed by atoms with Gasteiger partial charge in [0.1, 0.15) is 0 Å². The Kier molecular flexibility index (Phi) is 5.30. The van der Waals surface area contributed by atoms with Gasteiger partial charge in [-0.25, -0.2) is 4.98 Å². The van der Waals surface area contributed by atoms with Crippen molar-refractivity contribution in [3.05, 3.63) is 47.3 Å². The molecule has 2 heterocycles. The Morgan fingerprint density at radius 2 is 2.00 bits per heavy atom. The van der Waals surface area contributed by atoms with Crippen LogP contribution in [0.5, 0.6) is 0 Å². The molecule has 25 heavy (non-hydrogen) atoms. The molecule has 0 radical (unpaired) electrons. The SMILES string of the molecule is CC(=O)c1ccc(NC(=O)C(C)Sc2n[nH]c(-c3cccs3)n2)cc1. The van der Waals surface area contributed by atoms with E-state index in [0.29, 0.717) is 22.2 Å². The van der Waals surface area contributed by atoms with Gasteiger partial charge in [-0.2, -0.15) is 0 Å². The summed E-state index contributed by atoms with van der Waals surface area (Å²) in [5.74, 6) is 0.543. The summed E-state index contributed by atoms with van der Waals surface area (Å²) in [4.78, 5) is 29.0. The number of nitrogens with zero attached hydrogens (tertiary/aromatic N) is 2. The summed E-state index contributed by atoms with van der Waals surface area (Å²) in [6.07, 6.45) is 0. The number of carbonyl (C=O) groups is 2. The summed E-state index contributed by atoms with van der Waals surface area (Å²) in [5, 5.41) is 12.0. The number of rotatable bonds is 6. The number of amides is 1. The zero-order valence-corrected chi connectivity index (χ0v) is 15.3. The first-order valence-electron chi connectivity index (χ1n) is 7.58. The van der Waals surface area contributed by atoms with E-state index < -0.39 is 0 Å². The fourth-order valence-electron chi connectivity index (χ4n) is 2.07. The van der Waals surface area contributed by atoms with Crippen LogP contribution in [-0.2, 0) is 4.79 Å². The van der Waals surface area contributed by atoms with Crippen LogP contribution in [0.15, 0.2) is 46.9 Å². The number of ketones is 1. The van der Waals surface area contributed by atoms with E-state index in [0.717, 1.165) is 4.88 Å². The van der Waals surface area contributed by atoms with E-state index in [-0.39, 0.29) is 16.9 Å². The van der Waals surface area contributed by atoms with E-state index in [2.05, 4.69) is 20.5 Å². The van der Waals surface area contributed by atoms with Gasteiger partial charge in [-0.3, -0.25) is 14.7 Å². The number of Topliss-reactive ketones (excluding diaryl/α,β-unsaturated/α-hetero) is 1. The van der Waals surface area contributed by atoms with E-state index in [1.165, 1.54) is 18.7 Å². The van der Waals surface area contributed by atoms with Gasteiger partial charge >= 0.3 is 0 Å². The number of thiophene rings is 1. The third kappa shape index (κ3) is 4.34. The Bertz CT molecular complexity index is 872. The number of aromatic nitrogens is 3. The lowest BCUT2D eigenvalue weighted by molar-refractivity contribution is -0.115. The van der Waals surface area contributed by atoms with Gasteiger partial charge in [0.15, 0.2) is 11.6 Å². The van der Waals surface area contributed by atoms with Gasteiger partial charge < -0.3 is 5.32 Å². The molecule has 2 aromatic heterocycles. The summed E-state index contributed by atoms with van der Waals surface area (Å²) in [6, 6.07) is 10.7. The van der Waals surface area contributed by atoms with Gasteiger partial charge in [0.05, 0.1) is 10.1 Å². The van der Waals surface area contributed by atoms with Gasteiger partial charge in [0, 0.05) is 11.3 Å². The van der Waals surface area contributed by atoms with Gasteiger partial charge in [-0.05, 0) is 49.6 Å². The molecular formula is C17H16N4O2S2. The maximum Gasteiger partial charge on any atom is 0.237 e. The zero-order chi connectivity index (χ0) is 17.8. The van der Waals surface area contributed by atoms with Gasteiger partial charge in [0.2, 0.25) is 11.1 Å². The topological polar surface area (TPSA) is 87.7 Å². The molecular weight excluding hydrogens is 356 g/mol. The number of H-pyrrole nitrogens is 1. The first-order chi connectivity index (χ1) is 12.0. The second kappa shape index (κ2) is 7.62. The summed E-state index contributed by atoms with van der Waals surface area (Å²) < 4.78 is 0. The van der Waals surface area contributed by atoms with Crippen LogP contribution in [0.2, 0.25) is 0 Å². The van der Waals surface area contributed by atoms with Gasteiger partial charge in [-0.1, -0.05) is 17.8 Å². The minimum atomic E-state index is -0.362. The molecule has 0 aliphatic heterocycles. The van der Waals surface area contributed by atoms with Crippen LogP contribution in [0.3, 0.4) is 0 Å². The molecule has 1 amide bonds. The van der Waals surface area contributed by atoms with Crippen LogP contribution in [-0.4, -0.2) is 32.1 Å². The quantitative estimate of drug-likeness (QED) is 0.507. The molecule has 0 fully saturated rings. The molecule has 3 rings (SSSR count). The number of aromatic amines is 1.